The normalized spacial score (nSPS) is 12.9. The Morgan fingerprint density at radius 1 is 0.426 bits per heavy atom. The monoisotopic (exact) mass is 908 g/mol. The average molecular weight is 909 g/mol. The van der Waals surface area contributed by atoms with E-state index >= 15 is 0 Å². The summed E-state index contributed by atoms with van der Waals surface area (Å²) in [4.78, 5) is 3.68. The van der Waals surface area contributed by atoms with Crippen molar-refractivity contribution < 1.29 is 0 Å². The van der Waals surface area contributed by atoms with E-state index in [0.717, 1.165) is 17.1 Å². The molecule has 61 heavy (non-hydrogen) atoms. The molecule has 0 N–H and O–H groups in total. The quantitative estimate of drug-likeness (QED) is 0.147. The van der Waals surface area contributed by atoms with E-state index in [1.807, 2.05) is 0 Å². The van der Waals surface area contributed by atoms with Crippen LogP contribution in [0.15, 0.2) is 229 Å². The van der Waals surface area contributed by atoms with E-state index in [1.165, 1.54) is 87.3 Å². The molecule has 0 saturated heterocycles. The van der Waals surface area contributed by atoms with Crippen LogP contribution < -0.4 is 4.90 Å². The highest BCUT2D eigenvalue weighted by atomic mass is 127. The molecule has 0 atom stereocenters. The Balaban J connectivity index is 1.21. The number of halogens is 1. The number of anilines is 3. The zero-order chi connectivity index (χ0) is 40.5. The van der Waals surface area contributed by atoms with Gasteiger partial charge in [-0.25, -0.2) is 0 Å². The molecule has 10 aromatic carbocycles. The lowest BCUT2D eigenvalue weighted by atomic mass is 9.67. The predicted molar refractivity (Wildman–Crippen MR) is 268 cm³/mol. The molecule has 12 rings (SSSR count). The van der Waals surface area contributed by atoms with Crippen LogP contribution in [0.25, 0.3) is 60.2 Å². The molecule has 0 aliphatic heterocycles. The second-order valence-electron chi connectivity index (χ2n) is 15.9. The summed E-state index contributed by atoms with van der Waals surface area (Å²) in [6.45, 7) is 0. The lowest BCUT2D eigenvalue weighted by Gasteiger charge is -2.35. The summed E-state index contributed by atoms with van der Waals surface area (Å²) in [6, 6.07) is 83.3. The lowest BCUT2D eigenvalue weighted by Crippen LogP contribution is -2.29. The highest BCUT2D eigenvalue weighted by Crippen LogP contribution is 2.60. The van der Waals surface area contributed by atoms with Crippen LogP contribution in [-0.2, 0) is 5.41 Å². The zero-order valence-electron chi connectivity index (χ0n) is 33.0. The Morgan fingerprint density at radius 3 is 1.62 bits per heavy atom. The van der Waals surface area contributed by atoms with Gasteiger partial charge in [-0.1, -0.05) is 173 Å². The third-order valence-electron chi connectivity index (χ3n) is 12.8. The van der Waals surface area contributed by atoms with Crippen LogP contribution in [0.1, 0.15) is 22.3 Å². The van der Waals surface area contributed by atoms with Crippen LogP contribution in [0.5, 0.6) is 0 Å². The number of rotatable bonds is 7. The number of aromatic nitrogens is 1. The van der Waals surface area contributed by atoms with Gasteiger partial charge in [-0.15, -0.1) is 0 Å². The van der Waals surface area contributed by atoms with Crippen molar-refractivity contribution in [3.63, 3.8) is 0 Å². The van der Waals surface area contributed by atoms with Gasteiger partial charge in [0.2, 0.25) is 0 Å². The van der Waals surface area contributed by atoms with Gasteiger partial charge in [0, 0.05) is 59.0 Å². The minimum absolute atomic E-state index is 0.646. The second kappa shape index (κ2) is 14.5. The number of hydrogen-bond donors (Lipinski definition) is 0. The first-order chi connectivity index (χ1) is 30.2. The predicted octanol–water partition coefficient (Wildman–Crippen LogP) is 16.4. The van der Waals surface area contributed by atoms with Gasteiger partial charge in [-0.3, -0.25) is 0 Å². The molecule has 0 amide bonds. The van der Waals surface area contributed by atoms with Crippen molar-refractivity contribution >= 4 is 90.6 Å². The molecule has 11 aromatic rings. The molecule has 0 spiro atoms. The summed E-state index contributed by atoms with van der Waals surface area (Å²) in [5, 5.41) is 7.41. The Labute approximate surface area is 371 Å². The van der Waals surface area contributed by atoms with Gasteiger partial charge in [0.25, 0.3) is 0 Å². The number of para-hydroxylation sites is 2. The van der Waals surface area contributed by atoms with Gasteiger partial charge in [0.15, 0.2) is 0 Å². The number of benzene rings is 10. The highest BCUT2D eigenvalue weighted by Gasteiger charge is 2.47. The van der Waals surface area contributed by atoms with Crippen molar-refractivity contribution in [2.75, 3.05) is 4.90 Å². The molecule has 1 heterocycles. The molecule has 4 heteroatoms. The Hall–Kier alpha value is -6.60. The van der Waals surface area contributed by atoms with E-state index in [-0.39, 0.29) is 0 Å². The van der Waals surface area contributed by atoms with Crippen molar-refractivity contribution in [3.05, 3.63) is 247 Å². The molecular weight excluding hydrogens is 872 g/mol. The standard InChI is InChI=1S/C57H37IN2S/c58-61-43-33-30-41(31-34-43)59(52-29-15-17-38-16-7-8-22-44(38)52)42-32-35-49-50(36-42)57(39-18-3-1-4-19-39,40-20-5-2-6-21-40)51-37-55(47-25-9-10-26-48(47)56(49)51)60-53-27-13-11-23-45(53)46-24-12-14-28-54(46)60/h1-37H. The van der Waals surface area contributed by atoms with E-state index in [9.17, 15) is 0 Å². The summed E-state index contributed by atoms with van der Waals surface area (Å²) < 4.78 is 2.50. The van der Waals surface area contributed by atoms with Gasteiger partial charge in [0.05, 0.1) is 27.8 Å². The van der Waals surface area contributed by atoms with Gasteiger partial charge in [0.1, 0.15) is 0 Å². The van der Waals surface area contributed by atoms with Crippen molar-refractivity contribution in [2.24, 2.45) is 0 Å². The van der Waals surface area contributed by atoms with E-state index in [0.29, 0.717) is 0 Å². The number of nitrogens with zero attached hydrogens (tertiary/aromatic N) is 2. The molecule has 2 nitrogen and oxygen atoms in total. The molecule has 0 fully saturated rings. The Morgan fingerprint density at radius 2 is 0.967 bits per heavy atom. The minimum Gasteiger partial charge on any atom is -0.310 e. The maximum absolute atomic E-state index is 2.53. The second-order valence-corrected chi connectivity index (χ2v) is 17.8. The molecule has 0 unspecified atom stereocenters. The number of hydrogen-bond acceptors (Lipinski definition) is 2. The highest BCUT2D eigenvalue weighted by molar-refractivity contribution is 14.2. The van der Waals surface area contributed by atoms with Gasteiger partial charge >= 0.3 is 0 Å². The Bertz CT molecular complexity index is 3370. The van der Waals surface area contributed by atoms with E-state index in [4.69, 9.17) is 0 Å². The van der Waals surface area contributed by atoms with Crippen LogP contribution in [-0.4, -0.2) is 4.57 Å². The fourth-order valence-corrected chi connectivity index (χ4v) is 11.4. The molecule has 1 aromatic heterocycles. The summed E-state index contributed by atoms with van der Waals surface area (Å²) >= 11 is 2.37. The van der Waals surface area contributed by atoms with E-state index < -0.39 is 5.41 Å². The van der Waals surface area contributed by atoms with E-state index in [1.54, 1.807) is 8.93 Å². The summed E-state index contributed by atoms with van der Waals surface area (Å²) in [7, 11) is 1.74. The summed E-state index contributed by atoms with van der Waals surface area (Å²) in [5.74, 6) is 0. The van der Waals surface area contributed by atoms with Crippen LogP contribution in [0.3, 0.4) is 0 Å². The van der Waals surface area contributed by atoms with Crippen molar-refractivity contribution in [2.45, 2.75) is 10.3 Å². The summed E-state index contributed by atoms with van der Waals surface area (Å²) in [6.07, 6.45) is 0. The van der Waals surface area contributed by atoms with Crippen molar-refractivity contribution in [1.29, 1.82) is 0 Å². The third kappa shape index (κ3) is 5.48. The van der Waals surface area contributed by atoms with Gasteiger partial charge in [-0.2, -0.15) is 0 Å². The third-order valence-corrected chi connectivity index (χ3v) is 14.8. The smallest absolute Gasteiger partial charge is 0.0715 e. The van der Waals surface area contributed by atoms with Gasteiger partial charge < -0.3 is 9.47 Å². The first-order valence-corrected chi connectivity index (χ1v) is 24.1. The maximum atomic E-state index is 2.53. The molecule has 288 valence electrons. The summed E-state index contributed by atoms with van der Waals surface area (Å²) in [5.41, 5.74) is 13.9. The van der Waals surface area contributed by atoms with Crippen LogP contribution in [0, 0.1) is 0 Å². The average Bonchev–Trinajstić information content (AvgIpc) is 3.82. The molecule has 0 saturated carbocycles. The minimum atomic E-state index is -0.646. The Kier molecular flexibility index (Phi) is 8.65. The van der Waals surface area contributed by atoms with Crippen LogP contribution >= 0.6 is 30.1 Å². The molecule has 0 radical (unpaired) electrons. The first-order valence-electron chi connectivity index (χ1n) is 20.7. The lowest BCUT2D eigenvalue weighted by molar-refractivity contribution is 0.768. The fourth-order valence-electron chi connectivity index (χ4n) is 10.3. The molecule has 0 bridgehead atoms. The van der Waals surface area contributed by atoms with Crippen molar-refractivity contribution in [3.8, 4) is 16.8 Å². The molecule has 1 aliphatic rings. The first kappa shape index (κ1) is 36.3. The fraction of sp³-hybridized carbons (Fsp3) is 0.0175. The topological polar surface area (TPSA) is 8.17 Å². The SMILES string of the molecule is ISc1ccc(N(c2ccc3c(c2)C(c2ccccc2)(c2ccccc2)c2cc(-n4c5ccccc5c5ccccc54)c4ccccc4c2-3)c2cccc3ccccc23)cc1. The maximum Gasteiger partial charge on any atom is 0.0715 e. The van der Waals surface area contributed by atoms with Crippen molar-refractivity contribution in [1.82, 2.24) is 4.57 Å². The molecular formula is C57H37IN2S. The van der Waals surface area contributed by atoms with Crippen LogP contribution in [0.4, 0.5) is 17.1 Å². The number of fused-ring (bicyclic) bond motifs is 9. The van der Waals surface area contributed by atoms with E-state index in [2.05, 4.69) is 255 Å². The van der Waals surface area contributed by atoms with Gasteiger partial charge in [-0.05, 0) is 105 Å². The van der Waals surface area contributed by atoms with Crippen LogP contribution in [0.2, 0.25) is 0 Å². The largest absolute Gasteiger partial charge is 0.310 e. The zero-order valence-corrected chi connectivity index (χ0v) is 36.0. The molecule has 1 aliphatic carbocycles.